The van der Waals surface area contributed by atoms with Crippen LogP contribution in [0.1, 0.15) is 24.0 Å². The van der Waals surface area contributed by atoms with E-state index in [0.717, 1.165) is 52.1 Å². The van der Waals surface area contributed by atoms with Gasteiger partial charge in [-0.25, -0.2) is 0 Å². The first-order valence-corrected chi connectivity index (χ1v) is 9.52. The van der Waals surface area contributed by atoms with Crippen LogP contribution in [0.2, 0.25) is 0 Å². The van der Waals surface area contributed by atoms with Crippen molar-refractivity contribution < 1.29 is 14.7 Å². The SMILES string of the molecule is Cc1ccccc1CN1CCN(C(=O)CN2CCCC(C(=O)O)C2)CC1. The number of benzene rings is 1. The third-order valence-electron chi connectivity index (χ3n) is 5.59. The van der Waals surface area contributed by atoms with Gasteiger partial charge in [-0.2, -0.15) is 0 Å². The van der Waals surface area contributed by atoms with Gasteiger partial charge in [0.15, 0.2) is 0 Å². The van der Waals surface area contributed by atoms with Crippen LogP contribution < -0.4 is 0 Å². The van der Waals surface area contributed by atoms with Gasteiger partial charge in [0.25, 0.3) is 0 Å². The number of hydrogen-bond donors (Lipinski definition) is 1. The molecule has 2 heterocycles. The molecule has 2 saturated heterocycles. The van der Waals surface area contributed by atoms with Gasteiger partial charge in [0.1, 0.15) is 0 Å². The zero-order chi connectivity index (χ0) is 18.5. The second kappa shape index (κ2) is 8.64. The van der Waals surface area contributed by atoms with E-state index in [2.05, 4.69) is 36.1 Å². The van der Waals surface area contributed by atoms with Crippen molar-refractivity contribution in [1.29, 1.82) is 0 Å². The lowest BCUT2D eigenvalue weighted by Crippen LogP contribution is -2.52. The van der Waals surface area contributed by atoms with Crippen LogP contribution in [0, 0.1) is 12.8 Å². The molecule has 2 aliphatic rings. The van der Waals surface area contributed by atoms with Crippen molar-refractivity contribution in [3.63, 3.8) is 0 Å². The highest BCUT2D eigenvalue weighted by Gasteiger charge is 2.28. The highest BCUT2D eigenvalue weighted by molar-refractivity contribution is 5.78. The molecule has 142 valence electrons. The Hall–Kier alpha value is -1.92. The van der Waals surface area contributed by atoms with Crippen molar-refractivity contribution in [2.45, 2.75) is 26.3 Å². The maximum atomic E-state index is 12.6. The number of aryl methyl sites for hydroxylation is 1. The molecule has 1 aromatic carbocycles. The van der Waals surface area contributed by atoms with Gasteiger partial charge in [0, 0.05) is 39.3 Å². The Balaban J connectivity index is 1.45. The third-order valence-corrected chi connectivity index (χ3v) is 5.59. The number of hydrogen-bond acceptors (Lipinski definition) is 4. The Kier molecular flexibility index (Phi) is 6.27. The predicted molar refractivity (Wildman–Crippen MR) is 99.8 cm³/mol. The molecule has 2 aliphatic heterocycles. The van der Waals surface area contributed by atoms with Gasteiger partial charge in [-0.1, -0.05) is 24.3 Å². The lowest BCUT2D eigenvalue weighted by Gasteiger charge is -2.37. The molecular formula is C20H29N3O3. The van der Waals surface area contributed by atoms with E-state index in [4.69, 9.17) is 0 Å². The summed E-state index contributed by atoms with van der Waals surface area (Å²) in [5, 5.41) is 9.18. The van der Waals surface area contributed by atoms with Gasteiger partial charge in [-0.15, -0.1) is 0 Å². The second-order valence-electron chi connectivity index (χ2n) is 7.50. The van der Waals surface area contributed by atoms with Gasteiger partial charge in [-0.3, -0.25) is 19.4 Å². The molecule has 1 aromatic rings. The zero-order valence-electron chi connectivity index (χ0n) is 15.6. The van der Waals surface area contributed by atoms with E-state index >= 15 is 0 Å². The van der Waals surface area contributed by atoms with Crippen molar-refractivity contribution in [1.82, 2.24) is 14.7 Å². The summed E-state index contributed by atoms with van der Waals surface area (Å²) in [5.41, 5.74) is 2.66. The molecule has 0 saturated carbocycles. The number of piperidine rings is 1. The average Bonchev–Trinajstić information content (AvgIpc) is 2.64. The summed E-state index contributed by atoms with van der Waals surface area (Å²) in [7, 11) is 0. The normalized spacial score (nSPS) is 22.3. The van der Waals surface area contributed by atoms with Gasteiger partial charge in [0.2, 0.25) is 5.91 Å². The molecule has 0 aliphatic carbocycles. The molecular weight excluding hydrogens is 330 g/mol. The largest absolute Gasteiger partial charge is 0.481 e. The van der Waals surface area contributed by atoms with Crippen molar-refractivity contribution >= 4 is 11.9 Å². The number of aliphatic carboxylic acids is 1. The van der Waals surface area contributed by atoms with Crippen molar-refractivity contribution in [3.05, 3.63) is 35.4 Å². The molecule has 0 spiro atoms. The molecule has 1 atom stereocenters. The topological polar surface area (TPSA) is 64.1 Å². The monoisotopic (exact) mass is 359 g/mol. The van der Waals surface area contributed by atoms with Crippen molar-refractivity contribution in [2.75, 3.05) is 45.8 Å². The van der Waals surface area contributed by atoms with Crippen LogP contribution in [0.5, 0.6) is 0 Å². The molecule has 0 aromatic heterocycles. The van der Waals surface area contributed by atoms with E-state index in [9.17, 15) is 14.7 Å². The molecule has 6 heteroatoms. The quantitative estimate of drug-likeness (QED) is 0.862. The highest BCUT2D eigenvalue weighted by atomic mass is 16.4. The van der Waals surface area contributed by atoms with E-state index in [-0.39, 0.29) is 11.8 Å². The van der Waals surface area contributed by atoms with Gasteiger partial charge >= 0.3 is 5.97 Å². The minimum absolute atomic E-state index is 0.131. The second-order valence-corrected chi connectivity index (χ2v) is 7.50. The average molecular weight is 359 g/mol. The Bertz CT molecular complexity index is 641. The fourth-order valence-electron chi connectivity index (χ4n) is 3.88. The summed E-state index contributed by atoms with van der Waals surface area (Å²) in [4.78, 5) is 30.1. The van der Waals surface area contributed by atoms with Gasteiger partial charge in [-0.05, 0) is 37.4 Å². The molecule has 0 radical (unpaired) electrons. The first-order chi connectivity index (χ1) is 12.5. The lowest BCUT2D eigenvalue weighted by atomic mass is 9.98. The van der Waals surface area contributed by atoms with Crippen LogP contribution in [-0.2, 0) is 16.1 Å². The van der Waals surface area contributed by atoms with Crippen LogP contribution >= 0.6 is 0 Å². The summed E-state index contributed by atoms with van der Waals surface area (Å²) in [6.07, 6.45) is 1.58. The lowest BCUT2D eigenvalue weighted by molar-refractivity contribution is -0.145. The van der Waals surface area contributed by atoms with E-state index in [1.807, 2.05) is 9.80 Å². The maximum Gasteiger partial charge on any atom is 0.307 e. The molecule has 3 rings (SSSR count). The molecule has 1 unspecified atom stereocenters. The highest BCUT2D eigenvalue weighted by Crippen LogP contribution is 2.17. The molecule has 0 bridgehead atoms. The Labute approximate surface area is 155 Å². The van der Waals surface area contributed by atoms with E-state index in [1.165, 1.54) is 11.1 Å². The summed E-state index contributed by atoms with van der Waals surface area (Å²) in [5.74, 6) is -0.943. The minimum atomic E-state index is -0.744. The molecule has 6 nitrogen and oxygen atoms in total. The predicted octanol–water partition coefficient (Wildman–Crippen LogP) is 1.44. The smallest absolute Gasteiger partial charge is 0.307 e. The zero-order valence-corrected chi connectivity index (χ0v) is 15.6. The number of amides is 1. The number of carbonyl (C=O) groups is 2. The number of piperazine rings is 1. The van der Waals surface area contributed by atoms with E-state index in [0.29, 0.717) is 13.1 Å². The van der Waals surface area contributed by atoms with E-state index in [1.54, 1.807) is 0 Å². The Morgan fingerprint density at radius 2 is 1.81 bits per heavy atom. The Morgan fingerprint density at radius 3 is 2.50 bits per heavy atom. The number of carboxylic acid groups (broad SMARTS) is 1. The first kappa shape index (κ1) is 18.9. The van der Waals surface area contributed by atoms with Gasteiger partial charge < -0.3 is 10.0 Å². The van der Waals surface area contributed by atoms with Crippen LogP contribution in [0.15, 0.2) is 24.3 Å². The maximum absolute atomic E-state index is 12.6. The summed E-state index contributed by atoms with van der Waals surface area (Å²) < 4.78 is 0. The fourth-order valence-corrected chi connectivity index (χ4v) is 3.88. The van der Waals surface area contributed by atoms with Gasteiger partial charge in [0.05, 0.1) is 12.5 Å². The van der Waals surface area contributed by atoms with Crippen LogP contribution in [0.3, 0.4) is 0 Å². The van der Waals surface area contributed by atoms with E-state index < -0.39 is 5.97 Å². The number of rotatable bonds is 5. The van der Waals surface area contributed by atoms with Crippen molar-refractivity contribution in [3.8, 4) is 0 Å². The minimum Gasteiger partial charge on any atom is -0.481 e. The fraction of sp³-hybridized carbons (Fsp3) is 0.600. The van der Waals surface area contributed by atoms with Crippen LogP contribution in [-0.4, -0.2) is 77.5 Å². The summed E-state index contributed by atoms with van der Waals surface area (Å²) in [6, 6.07) is 8.44. The number of carbonyl (C=O) groups excluding carboxylic acids is 1. The number of carboxylic acids is 1. The molecule has 2 fully saturated rings. The third kappa shape index (κ3) is 4.83. The molecule has 1 N–H and O–H groups in total. The first-order valence-electron chi connectivity index (χ1n) is 9.52. The van der Waals surface area contributed by atoms with Crippen LogP contribution in [0.4, 0.5) is 0 Å². The van der Waals surface area contributed by atoms with Crippen LogP contribution in [0.25, 0.3) is 0 Å². The number of nitrogens with zero attached hydrogens (tertiary/aromatic N) is 3. The van der Waals surface area contributed by atoms with Crippen molar-refractivity contribution in [2.24, 2.45) is 5.92 Å². The number of likely N-dealkylation sites (tertiary alicyclic amines) is 1. The molecule has 26 heavy (non-hydrogen) atoms. The Morgan fingerprint density at radius 1 is 1.08 bits per heavy atom. The summed E-state index contributed by atoms with van der Waals surface area (Å²) in [6.45, 7) is 8.01. The summed E-state index contributed by atoms with van der Waals surface area (Å²) >= 11 is 0. The standard InChI is InChI=1S/C20H29N3O3/c1-16-5-2-3-6-17(16)13-21-9-11-23(12-10-21)19(24)15-22-8-4-7-18(14-22)20(25)26/h2-3,5-6,18H,4,7-15H2,1H3,(H,25,26). The molecule has 1 amide bonds.